The molecule has 0 fully saturated rings. The second-order valence-electron chi connectivity index (χ2n) is 2.39. The van der Waals surface area contributed by atoms with Crippen molar-refractivity contribution in [1.29, 1.82) is 0 Å². The van der Waals surface area contributed by atoms with Gasteiger partial charge >= 0.3 is 0 Å². The molecule has 0 aromatic carbocycles. The Bertz CT molecular complexity index is 169. The normalized spacial score (nSPS) is 13.0. The first kappa shape index (κ1) is 7.12. The van der Waals surface area contributed by atoms with Crippen molar-refractivity contribution in [1.82, 2.24) is 9.89 Å². The van der Waals surface area contributed by atoms with E-state index in [0.29, 0.717) is 6.04 Å². The Morgan fingerprint density at radius 1 is 1.70 bits per heavy atom. The van der Waals surface area contributed by atoms with Gasteiger partial charge in [0.2, 0.25) is 0 Å². The lowest BCUT2D eigenvalue weighted by atomic mass is 10.3. The number of nitrogens with zero attached hydrogens (tertiary/aromatic N) is 2. The van der Waals surface area contributed by atoms with Crippen molar-refractivity contribution in [3.05, 3.63) is 18.5 Å². The van der Waals surface area contributed by atoms with Crippen LogP contribution in [0, 0.1) is 0 Å². The minimum atomic E-state index is 0.486. The summed E-state index contributed by atoms with van der Waals surface area (Å²) < 4.78 is 0. The fourth-order valence-electron chi connectivity index (χ4n) is 0.662. The van der Waals surface area contributed by atoms with Crippen LogP contribution in [0.3, 0.4) is 0 Å². The molecule has 0 saturated heterocycles. The number of aromatic nitrogens is 2. The Morgan fingerprint density at radius 2 is 2.50 bits per heavy atom. The summed E-state index contributed by atoms with van der Waals surface area (Å²) in [5, 5.41) is 4.01. The van der Waals surface area contributed by atoms with Crippen molar-refractivity contribution >= 4 is 0 Å². The van der Waals surface area contributed by atoms with Crippen LogP contribution in [-0.4, -0.2) is 15.9 Å². The van der Waals surface area contributed by atoms with E-state index in [2.05, 4.69) is 24.4 Å². The van der Waals surface area contributed by atoms with Gasteiger partial charge in [0.05, 0.1) is 6.20 Å². The molecule has 1 aromatic heterocycles. The Morgan fingerprint density at radius 3 is 3.00 bits per heavy atom. The molecule has 1 unspecified atom stereocenters. The average Bonchev–Trinajstić information content (AvgIpc) is 2.40. The van der Waals surface area contributed by atoms with Crippen LogP contribution in [0.4, 0.5) is 0 Å². The zero-order chi connectivity index (χ0) is 7.40. The summed E-state index contributed by atoms with van der Waals surface area (Å²) in [6.45, 7) is 4.27. The van der Waals surface area contributed by atoms with Crippen molar-refractivity contribution in [2.75, 3.05) is 5.43 Å². The Hall–Kier alpha value is -0.990. The fourth-order valence-corrected chi connectivity index (χ4v) is 0.662. The van der Waals surface area contributed by atoms with Crippen LogP contribution in [0.1, 0.15) is 20.3 Å². The van der Waals surface area contributed by atoms with E-state index in [0.717, 1.165) is 6.42 Å². The molecule has 0 bridgehead atoms. The summed E-state index contributed by atoms with van der Waals surface area (Å²) >= 11 is 0. The van der Waals surface area contributed by atoms with Crippen molar-refractivity contribution in [3.63, 3.8) is 0 Å². The van der Waals surface area contributed by atoms with Gasteiger partial charge in [-0.05, 0) is 19.4 Å². The summed E-state index contributed by atoms with van der Waals surface area (Å²) in [7, 11) is 0. The summed E-state index contributed by atoms with van der Waals surface area (Å²) in [5.74, 6) is 0. The zero-order valence-corrected chi connectivity index (χ0v) is 6.41. The molecule has 0 spiro atoms. The lowest BCUT2D eigenvalue weighted by Crippen LogP contribution is -2.24. The lowest BCUT2D eigenvalue weighted by Gasteiger charge is -2.11. The topological polar surface area (TPSA) is 29.9 Å². The first-order valence-corrected chi connectivity index (χ1v) is 3.59. The number of rotatable bonds is 3. The maximum atomic E-state index is 4.01. The molecule has 1 N–H and O–H groups in total. The molecule has 0 amide bonds. The molecule has 1 aromatic rings. The highest BCUT2D eigenvalue weighted by atomic mass is 15.6. The van der Waals surface area contributed by atoms with E-state index in [9.17, 15) is 0 Å². The summed E-state index contributed by atoms with van der Waals surface area (Å²) in [4.78, 5) is 1.73. The smallest absolute Gasteiger partial charge is 0.0510 e. The van der Waals surface area contributed by atoms with Gasteiger partial charge in [-0.25, -0.2) is 0 Å². The minimum absolute atomic E-state index is 0.486. The third kappa shape index (κ3) is 1.76. The first-order valence-electron chi connectivity index (χ1n) is 3.59. The maximum absolute atomic E-state index is 4.01. The summed E-state index contributed by atoms with van der Waals surface area (Å²) in [5.41, 5.74) is 3.18. The standard InChI is InChI=1S/C7H13N3/c1-3-7(2)9-10-6-4-5-8-10/h4-7,9H,3H2,1-2H3. The van der Waals surface area contributed by atoms with Crippen molar-refractivity contribution in [3.8, 4) is 0 Å². The van der Waals surface area contributed by atoms with Crippen LogP contribution in [0.25, 0.3) is 0 Å². The van der Waals surface area contributed by atoms with Crippen LogP contribution in [0.15, 0.2) is 18.5 Å². The molecule has 0 radical (unpaired) electrons. The van der Waals surface area contributed by atoms with Gasteiger partial charge in [0.15, 0.2) is 0 Å². The second-order valence-corrected chi connectivity index (χ2v) is 2.39. The van der Waals surface area contributed by atoms with Gasteiger partial charge in [0.25, 0.3) is 0 Å². The van der Waals surface area contributed by atoms with E-state index in [1.807, 2.05) is 12.3 Å². The molecule has 10 heavy (non-hydrogen) atoms. The highest BCUT2D eigenvalue weighted by Gasteiger charge is 1.95. The van der Waals surface area contributed by atoms with Gasteiger partial charge in [-0.15, -0.1) is 0 Å². The lowest BCUT2D eigenvalue weighted by molar-refractivity contribution is 0.620. The fraction of sp³-hybridized carbons (Fsp3) is 0.571. The zero-order valence-electron chi connectivity index (χ0n) is 6.41. The van der Waals surface area contributed by atoms with Crippen LogP contribution in [-0.2, 0) is 0 Å². The number of nitrogens with one attached hydrogen (secondary N) is 1. The van der Waals surface area contributed by atoms with Crippen molar-refractivity contribution in [2.45, 2.75) is 26.3 Å². The van der Waals surface area contributed by atoms with E-state index in [1.54, 1.807) is 11.0 Å². The molecule has 0 aliphatic carbocycles. The van der Waals surface area contributed by atoms with Crippen LogP contribution < -0.4 is 5.43 Å². The number of hydrogen-bond acceptors (Lipinski definition) is 2. The van der Waals surface area contributed by atoms with Gasteiger partial charge in [0, 0.05) is 12.2 Å². The quantitative estimate of drug-likeness (QED) is 0.682. The summed E-state index contributed by atoms with van der Waals surface area (Å²) in [6, 6.07) is 2.38. The molecule has 0 saturated carbocycles. The second kappa shape index (κ2) is 3.25. The van der Waals surface area contributed by atoms with E-state index in [1.165, 1.54) is 0 Å². The molecule has 1 rings (SSSR count). The van der Waals surface area contributed by atoms with E-state index < -0.39 is 0 Å². The SMILES string of the molecule is CCC(C)Nn1cccn1. The van der Waals surface area contributed by atoms with E-state index in [4.69, 9.17) is 0 Å². The van der Waals surface area contributed by atoms with Crippen molar-refractivity contribution in [2.24, 2.45) is 0 Å². The monoisotopic (exact) mass is 139 g/mol. The molecule has 3 nitrogen and oxygen atoms in total. The average molecular weight is 139 g/mol. The molecule has 1 atom stereocenters. The molecular formula is C7H13N3. The van der Waals surface area contributed by atoms with Crippen LogP contribution in [0.5, 0.6) is 0 Å². The Kier molecular flexibility index (Phi) is 2.31. The van der Waals surface area contributed by atoms with Crippen LogP contribution in [0.2, 0.25) is 0 Å². The van der Waals surface area contributed by atoms with Crippen LogP contribution >= 0.6 is 0 Å². The van der Waals surface area contributed by atoms with Gasteiger partial charge in [-0.3, -0.25) is 0 Å². The van der Waals surface area contributed by atoms with Gasteiger partial charge in [-0.2, -0.15) is 9.89 Å². The highest BCUT2D eigenvalue weighted by Crippen LogP contribution is 1.89. The molecule has 1 heterocycles. The van der Waals surface area contributed by atoms with Gasteiger partial charge in [0.1, 0.15) is 0 Å². The van der Waals surface area contributed by atoms with Gasteiger partial charge < -0.3 is 5.43 Å². The molecular weight excluding hydrogens is 126 g/mol. The van der Waals surface area contributed by atoms with E-state index in [-0.39, 0.29) is 0 Å². The van der Waals surface area contributed by atoms with Gasteiger partial charge in [-0.1, -0.05) is 6.92 Å². The molecule has 56 valence electrons. The first-order chi connectivity index (χ1) is 4.83. The highest BCUT2D eigenvalue weighted by molar-refractivity contribution is 4.83. The Balaban J connectivity index is 2.40. The number of hydrogen-bond donors (Lipinski definition) is 1. The third-order valence-electron chi connectivity index (χ3n) is 1.47. The van der Waals surface area contributed by atoms with Crippen molar-refractivity contribution < 1.29 is 0 Å². The largest absolute Gasteiger partial charge is 0.307 e. The minimum Gasteiger partial charge on any atom is -0.307 e. The third-order valence-corrected chi connectivity index (χ3v) is 1.47. The predicted molar refractivity (Wildman–Crippen MR) is 41.3 cm³/mol. The summed E-state index contributed by atoms with van der Waals surface area (Å²) in [6.07, 6.45) is 4.77. The van der Waals surface area contributed by atoms with E-state index >= 15 is 0 Å². The molecule has 3 heteroatoms. The predicted octanol–water partition coefficient (Wildman–Crippen LogP) is 1.23. The maximum Gasteiger partial charge on any atom is 0.0510 e. The Labute approximate surface area is 61.0 Å². The molecule has 0 aliphatic rings. The molecule has 0 aliphatic heterocycles.